The fourth-order valence-corrected chi connectivity index (χ4v) is 3.58. The number of fused-ring (bicyclic) bond motifs is 1. The van der Waals surface area contributed by atoms with Gasteiger partial charge in [-0.1, -0.05) is 36.4 Å². The van der Waals surface area contributed by atoms with Gasteiger partial charge in [0.15, 0.2) is 11.2 Å². The Morgan fingerprint density at radius 2 is 1.86 bits per heavy atom. The molecule has 0 fully saturated rings. The first-order valence-corrected chi connectivity index (χ1v) is 11.5. The first-order valence-electron chi connectivity index (χ1n) is 11.5. The molecular weight excluding hydrogens is 476 g/mol. The molecule has 2 aromatic heterocycles. The molecule has 2 heterocycles. The van der Waals surface area contributed by atoms with Crippen molar-refractivity contribution in [2.24, 2.45) is 12.1 Å². The maximum absolute atomic E-state index is 12.7. The number of nitrogens with one attached hydrogen (secondary N) is 2. The van der Waals surface area contributed by atoms with Gasteiger partial charge < -0.3 is 19.1 Å². The predicted octanol–water partition coefficient (Wildman–Crippen LogP) is 2.37. The molecule has 0 saturated heterocycles. The number of rotatable bonds is 10. The highest BCUT2D eigenvalue weighted by Crippen LogP contribution is 2.19. The highest BCUT2D eigenvalue weighted by Gasteiger charge is 2.20. The minimum absolute atomic E-state index is 0.0370. The summed E-state index contributed by atoms with van der Waals surface area (Å²) in [6.45, 7) is 1.72. The number of benzene rings is 2. The van der Waals surface area contributed by atoms with Gasteiger partial charge in [-0.3, -0.25) is 14.3 Å². The van der Waals surface area contributed by atoms with Crippen molar-refractivity contribution in [1.82, 2.24) is 19.1 Å². The number of imidazole rings is 1. The molecule has 1 atom stereocenters. The summed E-state index contributed by atoms with van der Waals surface area (Å²) in [6.07, 6.45) is 2.74. The quantitative estimate of drug-likeness (QED) is 0.223. The number of ether oxygens (including phenoxy) is 2. The second-order valence-corrected chi connectivity index (χ2v) is 8.29. The molecule has 0 spiro atoms. The zero-order valence-corrected chi connectivity index (χ0v) is 20.7. The molecule has 0 saturated carbocycles. The molecule has 192 valence electrons. The van der Waals surface area contributed by atoms with Crippen LogP contribution in [0.15, 0.2) is 75.4 Å². The number of H-pyrrole nitrogens is 1. The van der Waals surface area contributed by atoms with E-state index in [9.17, 15) is 14.7 Å². The van der Waals surface area contributed by atoms with Crippen molar-refractivity contribution in [3.63, 3.8) is 0 Å². The SMILES string of the molecule is COc1ccc(OCC(O)Cn2c(NN=C(C)C=Cc3ccccc3)nc3c2c(=O)[nH]c(=O)n3C)cc1. The maximum Gasteiger partial charge on any atom is 0.329 e. The number of nitrogens with zero attached hydrogens (tertiary/aromatic N) is 4. The highest BCUT2D eigenvalue weighted by atomic mass is 16.5. The van der Waals surface area contributed by atoms with E-state index in [1.807, 2.05) is 42.5 Å². The first-order chi connectivity index (χ1) is 17.9. The maximum atomic E-state index is 12.7. The van der Waals surface area contributed by atoms with Crippen LogP contribution in [0, 0.1) is 0 Å². The number of hydrogen-bond acceptors (Lipinski definition) is 8. The van der Waals surface area contributed by atoms with E-state index in [1.54, 1.807) is 38.3 Å². The zero-order chi connectivity index (χ0) is 26.4. The van der Waals surface area contributed by atoms with Crippen LogP contribution in [0.5, 0.6) is 11.5 Å². The van der Waals surface area contributed by atoms with E-state index in [4.69, 9.17) is 9.47 Å². The molecule has 11 heteroatoms. The van der Waals surface area contributed by atoms with E-state index in [0.29, 0.717) is 17.2 Å². The largest absolute Gasteiger partial charge is 0.497 e. The van der Waals surface area contributed by atoms with Crippen molar-refractivity contribution in [2.75, 3.05) is 19.1 Å². The molecule has 4 rings (SSSR count). The van der Waals surface area contributed by atoms with E-state index < -0.39 is 17.4 Å². The van der Waals surface area contributed by atoms with E-state index >= 15 is 0 Å². The van der Waals surface area contributed by atoms with E-state index in [0.717, 1.165) is 5.56 Å². The Labute approximate surface area is 212 Å². The predicted molar refractivity (Wildman–Crippen MR) is 142 cm³/mol. The molecule has 11 nitrogen and oxygen atoms in total. The van der Waals surface area contributed by atoms with Crippen molar-refractivity contribution >= 4 is 28.9 Å². The topological polar surface area (TPSA) is 136 Å². The van der Waals surface area contributed by atoms with Crippen LogP contribution >= 0.6 is 0 Å². The summed E-state index contributed by atoms with van der Waals surface area (Å²) >= 11 is 0. The van der Waals surface area contributed by atoms with Gasteiger partial charge >= 0.3 is 5.69 Å². The number of aliphatic hydroxyl groups is 1. The van der Waals surface area contributed by atoms with Crippen LogP contribution in [0.1, 0.15) is 12.5 Å². The first kappa shape index (κ1) is 25.5. The van der Waals surface area contributed by atoms with Crippen molar-refractivity contribution in [2.45, 2.75) is 19.6 Å². The average Bonchev–Trinajstić information content (AvgIpc) is 3.27. The normalized spacial score (nSPS) is 12.7. The standard InChI is InChI=1S/C26H28N6O5/c1-17(9-10-18-7-5-4-6-8-18)29-30-25-27-23-22(24(34)28-26(35)31(23)2)32(25)15-19(33)16-37-21-13-11-20(36-3)12-14-21/h4-14,19,33H,15-16H2,1-3H3,(H,27,30)(H,28,34,35). The number of aromatic amines is 1. The molecule has 0 aliphatic carbocycles. The van der Waals surface area contributed by atoms with Crippen LogP contribution in [0.3, 0.4) is 0 Å². The summed E-state index contributed by atoms with van der Waals surface area (Å²) in [7, 11) is 3.07. The lowest BCUT2D eigenvalue weighted by molar-refractivity contribution is 0.0938. The third-order valence-corrected chi connectivity index (χ3v) is 5.55. The van der Waals surface area contributed by atoms with Gasteiger partial charge in [0.1, 0.15) is 24.2 Å². The fourth-order valence-electron chi connectivity index (χ4n) is 3.58. The van der Waals surface area contributed by atoms with Crippen LogP contribution in [-0.2, 0) is 13.6 Å². The second kappa shape index (κ2) is 11.4. The molecule has 0 aliphatic rings. The molecule has 37 heavy (non-hydrogen) atoms. The molecule has 3 N–H and O–H groups in total. The number of allylic oxidation sites excluding steroid dienone is 1. The van der Waals surface area contributed by atoms with E-state index in [2.05, 4.69) is 20.5 Å². The second-order valence-electron chi connectivity index (χ2n) is 8.29. The van der Waals surface area contributed by atoms with Gasteiger partial charge in [-0.25, -0.2) is 10.2 Å². The molecule has 0 aliphatic heterocycles. The third kappa shape index (κ3) is 6.14. The number of hydrazone groups is 1. The van der Waals surface area contributed by atoms with Crippen molar-refractivity contribution < 1.29 is 14.6 Å². The van der Waals surface area contributed by atoms with Gasteiger partial charge in [-0.2, -0.15) is 10.1 Å². The van der Waals surface area contributed by atoms with Crippen molar-refractivity contribution in [3.8, 4) is 11.5 Å². The van der Waals surface area contributed by atoms with Gasteiger partial charge in [0.25, 0.3) is 5.56 Å². The Kier molecular flexibility index (Phi) is 7.84. The number of aliphatic hydroxyl groups excluding tert-OH is 1. The summed E-state index contributed by atoms with van der Waals surface area (Å²) in [4.78, 5) is 31.5. The van der Waals surface area contributed by atoms with Crippen molar-refractivity contribution in [1.29, 1.82) is 0 Å². The lowest BCUT2D eigenvalue weighted by Gasteiger charge is -2.15. The van der Waals surface area contributed by atoms with Gasteiger partial charge in [0.05, 0.1) is 19.4 Å². The highest BCUT2D eigenvalue weighted by molar-refractivity contribution is 5.96. The number of anilines is 1. The minimum atomic E-state index is -1.00. The zero-order valence-electron chi connectivity index (χ0n) is 20.7. The van der Waals surface area contributed by atoms with Crippen LogP contribution in [0.2, 0.25) is 0 Å². The smallest absolute Gasteiger partial charge is 0.329 e. The lowest BCUT2D eigenvalue weighted by atomic mass is 10.2. The monoisotopic (exact) mass is 504 g/mol. The number of methoxy groups -OCH3 is 1. The number of aromatic nitrogens is 4. The van der Waals surface area contributed by atoms with Crippen LogP contribution in [0.25, 0.3) is 17.2 Å². The van der Waals surface area contributed by atoms with Gasteiger partial charge in [0, 0.05) is 7.05 Å². The Morgan fingerprint density at radius 3 is 2.57 bits per heavy atom. The molecule has 4 aromatic rings. The molecule has 0 amide bonds. The average molecular weight is 505 g/mol. The van der Waals surface area contributed by atoms with Crippen LogP contribution in [0.4, 0.5) is 5.95 Å². The molecular formula is C26H28N6O5. The lowest BCUT2D eigenvalue weighted by Crippen LogP contribution is -2.30. The van der Waals surface area contributed by atoms with E-state index in [1.165, 1.54) is 16.2 Å². The Hall–Kier alpha value is -4.64. The van der Waals surface area contributed by atoms with Gasteiger partial charge in [-0.15, -0.1) is 0 Å². The minimum Gasteiger partial charge on any atom is -0.497 e. The molecule has 0 bridgehead atoms. The third-order valence-electron chi connectivity index (χ3n) is 5.55. The molecule has 2 aromatic carbocycles. The van der Waals surface area contributed by atoms with Gasteiger partial charge in [-0.05, 0) is 42.8 Å². The van der Waals surface area contributed by atoms with Crippen molar-refractivity contribution in [3.05, 3.63) is 87.1 Å². The van der Waals surface area contributed by atoms with Crippen LogP contribution < -0.4 is 26.1 Å². The van der Waals surface area contributed by atoms with Crippen LogP contribution in [-0.4, -0.2) is 49.7 Å². The van der Waals surface area contributed by atoms with E-state index in [-0.39, 0.29) is 30.3 Å². The molecule has 0 radical (unpaired) electrons. The Morgan fingerprint density at radius 1 is 1.16 bits per heavy atom. The summed E-state index contributed by atoms with van der Waals surface area (Å²) < 4.78 is 13.5. The fraction of sp³-hybridized carbons (Fsp3) is 0.231. The summed E-state index contributed by atoms with van der Waals surface area (Å²) in [6, 6.07) is 16.7. The Bertz CT molecular complexity index is 1530. The number of aryl methyl sites for hydroxylation is 1. The molecule has 1 unspecified atom stereocenters. The Balaban J connectivity index is 1.57. The summed E-state index contributed by atoms with van der Waals surface area (Å²) in [5, 5.41) is 15.1. The number of hydrogen-bond donors (Lipinski definition) is 3. The summed E-state index contributed by atoms with van der Waals surface area (Å²) in [5.41, 5.74) is 3.60. The van der Waals surface area contributed by atoms with Gasteiger partial charge in [0.2, 0.25) is 5.95 Å². The summed E-state index contributed by atoms with van der Waals surface area (Å²) in [5.74, 6) is 1.44.